The molecule has 0 radical (unpaired) electrons. The van der Waals surface area contributed by atoms with Crippen LogP contribution in [0.4, 0.5) is 0 Å². The van der Waals surface area contributed by atoms with E-state index in [1.165, 1.54) is 27.5 Å². The average Bonchev–Trinajstić information content (AvgIpc) is 3.51. The fourth-order valence-electron chi connectivity index (χ4n) is 10.5. The molecular weight excluding hydrogens is 925 g/mol. The first-order valence-electron chi connectivity index (χ1n) is 25.5. The number of aromatic nitrogens is 6. The van der Waals surface area contributed by atoms with Gasteiger partial charge >= 0.3 is 0 Å². The lowest BCUT2D eigenvalue weighted by Gasteiger charge is -2.10. The van der Waals surface area contributed by atoms with Crippen molar-refractivity contribution in [1.29, 1.82) is 0 Å². The van der Waals surface area contributed by atoms with Crippen molar-refractivity contribution in [3.63, 3.8) is 0 Å². The second-order valence-corrected chi connectivity index (χ2v) is 19.1. The molecule has 76 heavy (non-hydrogen) atoms. The highest BCUT2D eigenvalue weighted by Crippen LogP contribution is 2.35. The average molecular weight is 969 g/mol. The summed E-state index contributed by atoms with van der Waals surface area (Å²) in [5.74, 6) is 0. The Morgan fingerprint density at radius 1 is 0.197 bits per heavy atom. The van der Waals surface area contributed by atoms with Crippen molar-refractivity contribution in [3.05, 3.63) is 267 Å². The Morgan fingerprint density at radius 3 is 1.04 bits per heavy atom. The molecule has 0 saturated heterocycles. The summed E-state index contributed by atoms with van der Waals surface area (Å²) in [5, 5.41) is 9.16. The molecule has 0 aliphatic rings. The van der Waals surface area contributed by atoms with Crippen LogP contribution in [0.3, 0.4) is 0 Å². The Balaban J connectivity index is 0.000000140. The van der Waals surface area contributed by atoms with Gasteiger partial charge in [-0.2, -0.15) is 0 Å². The number of benzene rings is 9. The molecule has 0 unspecified atom stereocenters. The molecule has 6 aromatic heterocycles. The number of rotatable bonds is 6. The van der Waals surface area contributed by atoms with E-state index in [2.05, 4.69) is 210 Å². The van der Waals surface area contributed by atoms with Crippen LogP contribution in [0.1, 0.15) is 0 Å². The third-order valence-corrected chi connectivity index (χ3v) is 14.4. The molecule has 0 spiro atoms. The van der Waals surface area contributed by atoms with Crippen LogP contribution in [0.2, 0.25) is 0 Å². The van der Waals surface area contributed by atoms with Crippen LogP contribution in [0.5, 0.6) is 0 Å². The van der Waals surface area contributed by atoms with Gasteiger partial charge in [0.15, 0.2) is 0 Å². The summed E-state index contributed by atoms with van der Waals surface area (Å²) < 4.78 is 0. The summed E-state index contributed by atoms with van der Waals surface area (Å²) in [6.07, 6.45) is 3.65. The van der Waals surface area contributed by atoms with Crippen LogP contribution in [-0.2, 0) is 0 Å². The minimum Gasteiger partial charge on any atom is -0.256 e. The lowest BCUT2D eigenvalue weighted by atomic mass is 9.99. The smallest absolute Gasteiger partial charge is 0.0716 e. The van der Waals surface area contributed by atoms with Gasteiger partial charge in [0.2, 0.25) is 0 Å². The summed E-state index contributed by atoms with van der Waals surface area (Å²) in [6.45, 7) is 0. The van der Waals surface area contributed by atoms with Gasteiger partial charge in [-0.1, -0.05) is 158 Å². The highest BCUT2D eigenvalue weighted by molar-refractivity contribution is 6.00. The normalized spacial score (nSPS) is 11.4. The van der Waals surface area contributed by atoms with Gasteiger partial charge in [-0.3, -0.25) is 9.97 Å². The molecule has 0 amide bonds. The Bertz CT molecular complexity index is 4550. The van der Waals surface area contributed by atoms with Crippen molar-refractivity contribution in [2.24, 2.45) is 0 Å². The lowest BCUT2D eigenvalue weighted by Crippen LogP contribution is -1.89. The van der Waals surface area contributed by atoms with Gasteiger partial charge < -0.3 is 0 Å². The highest BCUT2D eigenvalue weighted by Gasteiger charge is 2.12. The van der Waals surface area contributed by atoms with E-state index in [4.69, 9.17) is 19.9 Å². The molecule has 6 nitrogen and oxygen atoms in total. The SMILES string of the molecule is c1ccc(-c2ccc3cc(-c4ccc5nc(-c6cccc7ncccc67)ccc5c4)ccc3n2)cc1.c1ccc2c(-c3ccc4cc(-c5ccc6nc(-c7cccc8ncccc78)ccc6c5)ccc4n3)cccc2c1. The zero-order valence-electron chi connectivity index (χ0n) is 41.1. The minimum atomic E-state index is 0.956. The zero-order chi connectivity index (χ0) is 50.4. The molecule has 9 aromatic carbocycles. The van der Waals surface area contributed by atoms with E-state index in [0.29, 0.717) is 0 Å². The summed E-state index contributed by atoms with van der Waals surface area (Å²) in [7, 11) is 0. The molecule has 0 aliphatic heterocycles. The van der Waals surface area contributed by atoms with E-state index < -0.39 is 0 Å². The fourth-order valence-corrected chi connectivity index (χ4v) is 10.5. The maximum atomic E-state index is 5.03. The molecule has 6 heteroatoms. The van der Waals surface area contributed by atoms with Crippen molar-refractivity contribution in [3.8, 4) is 67.3 Å². The topological polar surface area (TPSA) is 77.3 Å². The van der Waals surface area contributed by atoms with E-state index in [1.54, 1.807) is 0 Å². The standard InChI is InChI=1S/C37H23N3.C33H21N3/c1-2-8-29-24(6-1)7-3-9-30(29)36-19-15-27-22-25(13-17-33(27)39-36)26-14-18-34-28(23-26)16-20-37(40-34)32-10-4-12-35-31(32)11-5-21-38-35;1-2-6-22(7-3-1)29-17-13-25-20-23(11-15-30(25)35-29)24-12-16-31-26(21-24)14-18-33(36-31)28-8-4-10-32-27(28)9-5-19-34-32/h1-23H;1-21H. The quantitative estimate of drug-likeness (QED) is 0.165. The molecule has 0 bridgehead atoms. The van der Waals surface area contributed by atoms with Crippen LogP contribution in [0.15, 0.2) is 267 Å². The van der Waals surface area contributed by atoms with Gasteiger partial charge in [-0.05, 0) is 130 Å². The number of hydrogen-bond acceptors (Lipinski definition) is 6. The molecule has 0 atom stereocenters. The van der Waals surface area contributed by atoms with Crippen molar-refractivity contribution in [1.82, 2.24) is 29.9 Å². The van der Waals surface area contributed by atoms with Gasteiger partial charge in [0.1, 0.15) is 0 Å². The van der Waals surface area contributed by atoms with E-state index in [1.807, 2.05) is 67.0 Å². The minimum absolute atomic E-state index is 0.956. The molecule has 354 valence electrons. The molecule has 6 heterocycles. The Kier molecular flexibility index (Phi) is 11.1. The highest BCUT2D eigenvalue weighted by atomic mass is 14.7. The summed E-state index contributed by atoms with van der Waals surface area (Å²) >= 11 is 0. The lowest BCUT2D eigenvalue weighted by molar-refractivity contribution is 1.38. The van der Waals surface area contributed by atoms with Gasteiger partial charge in [0.05, 0.1) is 55.9 Å². The van der Waals surface area contributed by atoms with Gasteiger partial charge in [-0.15, -0.1) is 0 Å². The third kappa shape index (κ3) is 8.40. The molecular formula is C70H44N6. The first kappa shape index (κ1) is 44.4. The van der Waals surface area contributed by atoms with Crippen molar-refractivity contribution in [2.45, 2.75) is 0 Å². The van der Waals surface area contributed by atoms with Crippen LogP contribution in [0.25, 0.3) is 143 Å². The van der Waals surface area contributed by atoms with Crippen molar-refractivity contribution in [2.75, 3.05) is 0 Å². The second kappa shape index (κ2) is 19.0. The van der Waals surface area contributed by atoms with E-state index in [0.717, 1.165) is 116 Å². The van der Waals surface area contributed by atoms with E-state index in [9.17, 15) is 0 Å². The number of fused-ring (bicyclic) bond motifs is 7. The molecule has 0 saturated carbocycles. The number of hydrogen-bond donors (Lipinski definition) is 0. The molecule has 0 fully saturated rings. The fraction of sp³-hybridized carbons (Fsp3) is 0. The van der Waals surface area contributed by atoms with E-state index >= 15 is 0 Å². The Morgan fingerprint density at radius 2 is 0.566 bits per heavy atom. The maximum absolute atomic E-state index is 5.03. The zero-order valence-corrected chi connectivity index (χ0v) is 41.1. The molecule has 0 N–H and O–H groups in total. The molecule has 15 aromatic rings. The van der Waals surface area contributed by atoms with Crippen LogP contribution in [-0.4, -0.2) is 29.9 Å². The predicted molar refractivity (Wildman–Crippen MR) is 315 cm³/mol. The molecule has 0 aliphatic carbocycles. The second-order valence-electron chi connectivity index (χ2n) is 19.1. The van der Waals surface area contributed by atoms with Crippen molar-refractivity contribution >= 4 is 76.2 Å². The first-order valence-corrected chi connectivity index (χ1v) is 25.5. The third-order valence-electron chi connectivity index (χ3n) is 14.4. The Labute approximate surface area is 438 Å². The van der Waals surface area contributed by atoms with E-state index in [-0.39, 0.29) is 0 Å². The largest absolute Gasteiger partial charge is 0.256 e. The van der Waals surface area contributed by atoms with Gasteiger partial charge in [0, 0.05) is 67.0 Å². The van der Waals surface area contributed by atoms with Crippen LogP contribution in [0, 0.1) is 0 Å². The number of nitrogens with zero attached hydrogens (tertiary/aromatic N) is 6. The molecule has 15 rings (SSSR count). The summed E-state index contributed by atoms with van der Waals surface area (Å²) in [5.41, 5.74) is 19.0. The predicted octanol–water partition coefficient (Wildman–Crippen LogP) is 17.8. The van der Waals surface area contributed by atoms with Gasteiger partial charge in [0.25, 0.3) is 0 Å². The van der Waals surface area contributed by atoms with Crippen molar-refractivity contribution < 1.29 is 0 Å². The summed E-state index contributed by atoms with van der Waals surface area (Å²) in [4.78, 5) is 28.9. The maximum Gasteiger partial charge on any atom is 0.0716 e. The summed E-state index contributed by atoms with van der Waals surface area (Å²) in [6, 6.07) is 88.7. The first-order chi connectivity index (χ1) is 37.6. The van der Waals surface area contributed by atoms with Gasteiger partial charge in [-0.25, -0.2) is 19.9 Å². The number of pyridine rings is 6. The van der Waals surface area contributed by atoms with Crippen LogP contribution >= 0.6 is 0 Å². The Hall–Kier alpha value is -10.3. The van der Waals surface area contributed by atoms with Crippen LogP contribution < -0.4 is 0 Å². The monoisotopic (exact) mass is 968 g/mol.